The number of aryl methyl sites for hydroxylation is 1. The third-order valence-corrected chi connectivity index (χ3v) is 3.95. The largest absolute Gasteiger partial charge is 0.370 e. The Hall–Kier alpha value is -2.10. The fourth-order valence-corrected chi connectivity index (χ4v) is 2.53. The molecule has 0 amide bonds. The second-order valence-corrected chi connectivity index (χ2v) is 7.01. The van der Waals surface area contributed by atoms with Gasteiger partial charge in [-0.15, -0.1) is 0 Å². The maximum Gasteiger partial charge on any atom is 0.228 e. The van der Waals surface area contributed by atoms with Gasteiger partial charge in [-0.2, -0.15) is 4.98 Å². The molecule has 1 heterocycles. The van der Waals surface area contributed by atoms with Crippen molar-refractivity contribution in [1.82, 2.24) is 9.97 Å². The van der Waals surface area contributed by atoms with Crippen LogP contribution in [0.25, 0.3) is 0 Å². The molecule has 4 heteroatoms. The zero-order valence-corrected chi connectivity index (χ0v) is 15.6. The lowest BCUT2D eigenvalue weighted by Crippen LogP contribution is -2.32. The minimum absolute atomic E-state index is 0.329. The number of rotatable bonds is 8. The zero-order valence-electron chi connectivity index (χ0n) is 15.6. The number of hydrogen-bond acceptors (Lipinski definition) is 4. The van der Waals surface area contributed by atoms with E-state index < -0.39 is 0 Å². The topological polar surface area (TPSA) is 41.1 Å². The fraction of sp³-hybridized carbons (Fsp3) is 0.500. The summed E-state index contributed by atoms with van der Waals surface area (Å²) in [5.74, 6) is 2.39. The first kappa shape index (κ1) is 18.2. The summed E-state index contributed by atoms with van der Waals surface area (Å²) < 4.78 is 0. The van der Waals surface area contributed by atoms with Gasteiger partial charge in [-0.05, 0) is 38.7 Å². The lowest BCUT2D eigenvalue weighted by Gasteiger charge is -2.27. The first-order valence-electron chi connectivity index (χ1n) is 8.86. The third-order valence-electron chi connectivity index (χ3n) is 3.95. The molecule has 1 aromatic heterocycles. The molecule has 2 aromatic rings. The molecule has 24 heavy (non-hydrogen) atoms. The highest BCUT2D eigenvalue weighted by Crippen LogP contribution is 2.19. The van der Waals surface area contributed by atoms with Crippen LogP contribution in [0.4, 0.5) is 11.8 Å². The first-order valence-corrected chi connectivity index (χ1v) is 8.86. The van der Waals surface area contributed by atoms with Crippen LogP contribution in [-0.4, -0.2) is 22.6 Å². The second-order valence-electron chi connectivity index (χ2n) is 7.01. The van der Waals surface area contributed by atoms with E-state index in [4.69, 9.17) is 4.98 Å². The van der Waals surface area contributed by atoms with Crippen LogP contribution in [0.1, 0.15) is 45.4 Å². The van der Waals surface area contributed by atoms with Gasteiger partial charge in [-0.1, -0.05) is 44.2 Å². The van der Waals surface area contributed by atoms with E-state index in [1.165, 1.54) is 5.56 Å². The maximum atomic E-state index is 4.75. The Morgan fingerprint density at radius 3 is 2.38 bits per heavy atom. The van der Waals surface area contributed by atoms with Gasteiger partial charge in [0.2, 0.25) is 5.95 Å². The van der Waals surface area contributed by atoms with Gasteiger partial charge in [0.25, 0.3) is 0 Å². The van der Waals surface area contributed by atoms with E-state index in [-0.39, 0.29) is 0 Å². The van der Waals surface area contributed by atoms with Gasteiger partial charge in [-0.3, -0.25) is 0 Å². The minimum atomic E-state index is 0.329. The van der Waals surface area contributed by atoms with Gasteiger partial charge in [0.1, 0.15) is 5.82 Å². The Morgan fingerprint density at radius 2 is 1.75 bits per heavy atom. The number of anilines is 2. The summed E-state index contributed by atoms with van der Waals surface area (Å²) in [7, 11) is 0. The van der Waals surface area contributed by atoms with Crippen LogP contribution in [0, 0.1) is 12.8 Å². The van der Waals surface area contributed by atoms with Crippen molar-refractivity contribution in [2.45, 2.75) is 53.6 Å². The molecular weight excluding hydrogens is 296 g/mol. The van der Waals surface area contributed by atoms with Crippen molar-refractivity contribution < 1.29 is 0 Å². The van der Waals surface area contributed by atoms with Crippen LogP contribution in [0.2, 0.25) is 0 Å². The molecule has 1 N–H and O–H groups in total. The van der Waals surface area contributed by atoms with Crippen LogP contribution in [0.5, 0.6) is 0 Å². The quantitative estimate of drug-likeness (QED) is 0.766. The van der Waals surface area contributed by atoms with Gasteiger partial charge in [0, 0.05) is 30.9 Å². The Morgan fingerprint density at radius 1 is 1.04 bits per heavy atom. The summed E-state index contributed by atoms with van der Waals surface area (Å²) in [4.78, 5) is 11.7. The van der Waals surface area contributed by atoms with E-state index in [9.17, 15) is 0 Å². The van der Waals surface area contributed by atoms with Crippen molar-refractivity contribution in [3.05, 3.63) is 47.7 Å². The number of aromatic nitrogens is 2. The molecule has 1 aromatic carbocycles. The standard InChI is InChI=1S/C20H30N4/c1-15(2)11-12-21-19-13-17(5)22-20(23-19)24(16(3)4)14-18-9-7-6-8-10-18/h6-10,13,15-16H,11-12,14H2,1-5H3,(H,21,22,23). The number of benzene rings is 1. The molecule has 0 saturated heterocycles. The third kappa shape index (κ3) is 5.52. The summed E-state index contributed by atoms with van der Waals surface area (Å²) in [5.41, 5.74) is 2.26. The SMILES string of the molecule is Cc1cc(NCCC(C)C)nc(N(Cc2ccccc2)C(C)C)n1. The summed E-state index contributed by atoms with van der Waals surface area (Å²) >= 11 is 0. The molecule has 0 unspecified atom stereocenters. The molecule has 130 valence electrons. The van der Waals surface area contributed by atoms with E-state index in [2.05, 4.69) is 67.2 Å². The average molecular weight is 326 g/mol. The van der Waals surface area contributed by atoms with Crippen LogP contribution in [-0.2, 0) is 6.54 Å². The smallest absolute Gasteiger partial charge is 0.228 e. The van der Waals surface area contributed by atoms with Crippen LogP contribution < -0.4 is 10.2 Å². The summed E-state index contributed by atoms with van der Waals surface area (Å²) in [6.07, 6.45) is 1.14. The second kappa shape index (κ2) is 8.67. The van der Waals surface area contributed by atoms with E-state index in [1.807, 2.05) is 19.1 Å². The molecule has 0 radical (unpaired) electrons. The molecule has 4 nitrogen and oxygen atoms in total. The number of hydrogen-bond donors (Lipinski definition) is 1. The Bertz CT molecular complexity index is 623. The first-order chi connectivity index (χ1) is 11.5. The average Bonchev–Trinajstić information content (AvgIpc) is 2.52. The molecule has 0 fully saturated rings. The zero-order chi connectivity index (χ0) is 17.5. The van der Waals surface area contributed by atoms with Crippen molar-refractivity contribution in [3.8, 4) is 0 Å². The Kier molecular flexibility index (Phi) is 6.59. The summed E-state index contributed by atoms with van der Waals surface area (Å²) in [6.45, 7) is 12.6. The van der Waals surface area contributed by atoms with E-state index in [0.717, 1.165) is 37.0 Å². The summed E-state index contributed by atoms with van der Waals surface area (Å²) in [5, 5.41) is 3.44. The van der Waals surface area contributed by atoms with Crippen molar-refractivity contribution >= 4 is 11.8 Å². The van der Waals surface area contributed by atoms with Crippen molar-refractivity contribution in [2.24, 2.45) is 5.92 Å². The van der Waals surface area contributed by atoms with Gasteiger partial charge in [-0.25, -0.2) is 4.98 Å². The minimum Gasteiger partial charge on any atom is -0.370 e. The molecule has 0 atom stereocenters. The Balaban J connectivity index is 2.18. The molecule has 0 aliphatic heterocycles. The fourth-order valence-electron chi connectivity index (χ4n) is 2.53. The molecule has 2 rings (SSSR count). The normalized spacial score (nSPS) is 11.1. The van der Waals surface area contributed by atoms with Gasteiger partial charge in [0.15, 0.2) is 0 Å². The maximum absolute atomic E-state index is 4.75. The summed E-state index contributed by atoms with van der Waals surface area (Å²) in [6, 6.07) is 12.8. The van der Waals surface area contributed by atoms with Gasteiger partial charge < -0.3 is 10.2 Å². The van der Waals surface area contributed by atoms with Crippen molar-refractivity contribution in [1.29, 1.82) is 0 Å². The van der Waals surface area contributed by atoms with Crippen LogP contribution in [0.3, 0.4) is 0 Å². The number of nitrogens with one attached hydrogen (secondary N) is 1. The van der Waals surface area contributed by atoms with E-state index >= 15 is 0 Å². The van der Waals surface area contributed by atoms with Crippen molar-refractivity contribution in [2.75, 3.05) is 16.8 Å². The van der Waals surface area contributed by atoms with Crippen LogP contribution in [0.15, 0.2) is 36.4 Å². The predicted molar refractivity (Wildman–Crippen MR) is 102 cm³/mol. The lowest BCUT2D eigenvalue weighted by atomic mass is 10.1. The van der Waals surface area contributed by atoms with Crippen LogP contribution >= 0.6 is 0 Å². The monoisotopic (exact) mass is 326 g/mol. The van der Waals surface area contributed by atoms with E-state index in [1.54, 1.807) is 0 Å². The van der Waals surface area contributed by atoms with Gasteiger partial charge >= 0.3 is 0 Å². The molecule has 0 saturated carbocycles. The van der Waals surface area contributed by atoms with E-state index in [0.29, 0.717) is 12.0 Å². The van der Waals surface area contributed by atoms with Gasteiger partial charge in [0.05, 0.1) is 0 Å². The van der Waals surface area contributed by atoms with Crippen molar-refractivity contribution in [3.63, 3.8) is 0 Å². The molecule has 0 aliphatic rings. The number of nitrogens with zero attached hydrogens (tertiary/aromatic N) is 3. The molecular formula is C20H30N4. The Labute approximate surface area is 146 Å². The highest BCUT2D eigenvalue weighted by atomic mass is 15.3. The molecule has 0 aliphatic carbocycles. The predicted octanol–water partition coefficient (Wildman–Crippen LogP) is 4.66. The molecule has 0 bridgehead atoms. The lowest BCUT2D eigenvalue weighted by molar-refractivity contribution is 0.606. The molecule has 0 spiro atoms. The highest BCUT2D eigenvalue weighted by molar-refractivity contribution is 5.44. The highest BCUT2D eigenvalue weighted by Gasteiger charge is 2.15.